The predicted molar refractivity (Wildman–Crippen MR) is 75.5 cm³/mol. The van der Waals surface area contributed by atoms with E-state index >= 15 is 0 Å². The second-order valence-corrected chi connectivity index (χ2v) is 5.61. The van der Waals surface area contributed by atoms with Gasteiger partial charge in [0.2, 0.25) is 0 Å². The standard InChI is InChI=1S/C16H33/c1-5-7-9-13-16(4)14-11-8-10-12-15(3)6-2/h15-16H,1,5-14H2,2-4H3. The Morgan fingerprint density at radius 1 is 0.750 bits per heavy atom. The minimum atomic E-state index is 0.939. The van der Waals surface area contributed by atoms with Crippen LogP contribution in [0.25, 0.3) is 0 Å². The molecule has 0 aliphatic heterocycles. The normalized spacial score (nSPS) is 15.0. The van der Waals surface area contributed by atoms with Gasteiger partial charge in [0.25, 0.3) is 0 Å². The molecule has 0 aromatic carbocycles. The van der Waals surface area contributed by atoms with Crippen molar-refractivity contribution in [2.45, 2.75) is 85.0 Å². The Labute approximate surface area is 104 Å². The molecule has 0 nitrogen and oxygen atoms in total. The van der Waals surface area contributed by atoms with Crippen molar-refractivity contribution in [3.63, 3.8) is 0 Å². The van der Waals surface area contributed by atoms with Crippen LogP contribution in [0.3, 0.4) is 0 Å². The Morgan fingerprint density at radius 3 is 1.75 bits per heavy atom. The topological polar surface area (TPSA) is 0 Å². The lowest BCUT2D eigenvalue weighted by Gasteiger charge is -2.11. The summed E-state index contributed by atoms with van der Waals surface area (Å²) in [5, 5.41) is 0. The number of hydrogen-bond acceptors (Lipinski definition) is 0. The van der Waals surface area contributed by atoms with Crippen LogP contribution in [-0.2, 0) is 0 Å². The molecule has 0 heterocycles. The molecule has 97 valence electrons. The van der Waals surface area contributed by atoms with E-state index in [0.29, 0.717) is 0 Å². The van der Waals surface area contributed by atoms with Crippen LogP contribution in [0.1, 0.15) is 85.0 Å². The van der Waals surface area contributed by atoms with Crippen molar-refractivity contribution >= 4 is 0 Å². The number of unbranched alkanes of at least 4 members (excludes halogenated alkanes) is 4. The molecule has 0 heteroatoms. The van der Waals surface area contributed by atoms with Crippen molar-refractivity contribution in [2.75, 3.05) is 0 Å². The maximum absolute atomic E-state index is 3.89. The van der Waals surface area contributed by atoms with E-state index < -0.39 is 0 Å². The minimum Gasteiger partial charge on any atom is -0.0651 e. The third-order valence-corrected chi connectivity index (χ3v) is 3.79. The van der Waals surface area contributed by atoms with Crippen LogP contribution >= 0.6 is 0 Å². The first-order valence-corrected chi connectivity index (χ1v) is 7.49. The second-order valence-electron chi connectivity index (χ2n) is 5.61. The van der Waals surface area contributed by atoms with Crippen LogP contribution in [0.5, 0.6) is 0 Å². The van der Waals surface area contributed by atoms with Gasteiger partial charge >= 0.3 is 0 Å². The summed E-state index contributed by atoms with van der Waals surface area (Å²) in [5.41, 5.74) is 0. The van der Waals surface area contributed by atoms with Gasteiger partial charge in [0, 0.05) is 0 Å². The summed E-state index contributed by atoms with van der Waals surface area (Å²) in [7, 11) is 0. The Kier molecular flexibility index (Phi) is 11.5. The van der Waals surface area contributed by atoms with Crippen LogP contribution in [-0.4, -0.2) is 0 Å². The molecule has 1 radical (unpaired) electrons. The third kappa shape index (κ3) is 10.5. The molecular formula is C16H33. The van der Waals surface area contributed by atoms with E-state index in [9.17, 15) is 0 Å². The molecule has 0 aliphatic rings. The quantitative estimate of drug-likeness (QED) is 0.377. The molecule has 0 spiro atoms. The average molecular weight is 225 g/mol. The minimum absolute atomic E-state index is 0.939. The molecule has 0 amide bonds. The van der Waals surface area contributed by atoms with Gasteiger partial charge in [0.05, 0.1) is 0 Å². The van der Waals surface area contributed by atoms with Gasteiger partial charge in [-0.1, -0.05) is 91.9 Å². The van der Waals surface area contributed by atoms with Crippen molar-refractivity contribution in [3.05, 3.63) is 6.92 Å². The van der Waals surface area contributed by atoms with E-state index in [0.717, 1.165) is 18.3 Å². The fourth-order valence-electron chi connectivity index (χ4n) is 2.18. The summed E-state index contributed by atoms with van der Waals surface area (Å²) in [6.07, 6.45) is 13.8. The maximum Gasteiger partial charge on any atom is -0.0443 e. The Hall–Kier alpha value is 0. The summed E-state index contributed by atoms with van der Waals surface area (Å²) in [5.74, 6) is 1.88. The van der Waals surface area contributed by atoms with Gasteiger partial charge < -0.3 is 0 Å². The Balaban J connectivity index is 3.17. The molecule has 0 aromatic rings. The second kappa shape index (κ2) is 11.5. The highest BCUT2D eigenvalue weighted by Crippen LogP contribution is 2.18. The molecule has 16 heavy (non-hydrogen) atoms. The zero-order chi connectivity index (χ0) is 12.2. The smallest absolute Gasteiger partial charge is 0.0443 e. The van der Waals surface area contributed by atoms with Gasteiger partial charge in [-0.3, -0.25) is 0 Å². The number of rotatable bonds is 11. The van der Waals surface area contributed by atoms with E-state index in [1.165, 1.54) is 57.8 Å². The molecule has 0 saturated carbocycles. The first-order valence-electron chi connectivity index (χ1n) is 7.49. The zero-order valence-electron chi connectivity index (χ0n) is 11.9. The molecule has 2 atom stereocenters. The third-order valence-electron chi connectivity index (χ3n) is 3.79. The van der Waals surface area contributed by atoms with Crippen molar-refractivity contribution in [3.8, 4) is 0 Å². The fraction of sp³-hybridized carbons (Fsp3) is 0.938. The van der Waals surface area contributed by atoms with Crippen molar-refractivity contribution in [1.29, 1.82) is 0 Å². The van der Waals surface area contributed by atoms with E-state index in [2.05, 4.69) is 27.7 Å². The Morgan fingerprint density at radius 2 is 1.25 bits per heavy atom. The highest BCUT2D eigenvalue weighted by Gasteiger charge is 2.02. The van der Waals surface area contributed by atoms with E-state index in [1.54, 1.807) is 0 Å². The van der Waals surface area contributed by atoms with Crippen LogP contribution in [0.15, 0.2) is 0 Å². The molecule has 0 saturated heterocycles. The molecule has 0 rings (SSSR count). The van der Waals surface area contributed by atoms with Gasteiger partial charge in [0.1, 0.15) is 0 Å². The first-order chi connectivity index (χ1) is 7.70. The van der Waals surface area contributed by atoms with Gasteiger partial charge in [-0.25, -0.2) is 0 Å². The summed E-state index contributed by atoms with van der Waals surface area (Å²) in [6, 6.07) is 0. The van der Waals surface area contributed by atoms with Gasteiger partial charge in [-0.15, -0.1) is 0 Å². The van der Waals surface area contributed by atoms with E-state index in [-0.39, 0.29) is 0 Å². The largest absolute Gasteiger partial charge is 0.0651 e. The van der Waals surface area contributed by atoms with E-state index in [1.807, 2.05) is 0 Å². The van der Waals surface area contributed by atoms with Gasteiger partial charge in [-0.05, 0) is 11.8 Å². The molecule has 0 aliphatic carbocycles. The maximum atomic E-state index is 3.89. The average Bonchev–Trinajstić information content (AvgIpc) is 2.28. The molecule has 0 bridgehead atoms. The van der Waals surface area contributed by atoms with Crippen molar-refractivity contribution in [1.82, 2.24) is 0 Å². The monoisotopic (exact) mass is 225 g/mol. The van der Waals surface area contributed by atoms with Crippen LogP contribution < -0.4 is 0 Å². The summed E-state index contributed by atoms with van der Waals surface area (Å²) in [6.45, 7) is 11.0. The van der Waals surface area contributed by atoms with Crippen LogP contribution in [0, 0.1) is 18.8 Å². The highest BCUT2D eigenvalue weighted by molar-refractivity contribution is 4.56. The van der Waals surface area contributed by atoms with Crippen LogP contribution in [0.2, 0.25) is 0 Å². The lowest BCUT2D eigenvalue weighted by molar-refractivity contribution is 0.423. The van der Waals surface area contributed by atoms with Gasteiger partial charge in [0.15, 0.2) is 0 Å². The molecular weight excluding hydrogens is 192 g/mol. The summed E-state index contributed by atoms with van der Waals surface area (Å²) >= 11 is 0. The zero-order valence-corrected chi connectivity index (χ0v) is 11.9. The Bertz CT molecular complexity index is 128. The lowest BCUT2D eigenvalue weighted by atomic mass is 9.95. The fourth-order valence-corrected chi connectivity index (χ4v) is 2.18. The van der Waals surface area contributed by atoms with E-state index in [4.69, 9.17) is 0 Å². The number of hydrogen-bond donors (Lipinski definition) is 0. The molecule has 2 unspecified atom stereocenters. The predicted octanol–water partition coefficient (Wildman–Crippen LogP) is 6.01. The van der Waals surface area contributed by atoms with Crippen molar-refractivity contribution < 1.29 is 0 Å². The summed E-state index contributed by atoms with van der Waals surface area (Å²) < 4.78 is 0. The molecule has 0 fully saturated rings. The van der Waals surface area contributed by atoms with Gasteiger partial charge in [-0.2, -0.15) is 0 Å². The molecule has 0 N–H and O–H groups in total. The summed E-state index contributed by atoms with van der Waals surface area (Å²) in [4.78, 5) is 0. The SMILES string of the molecule is [CH2]CCCCC(C)CCCCCC(C)CC. The molecule has 0 aromatic heterocycles. The van der Waals surface area contributed by atoms with Crippen LogP contribution in [0.4, 0.5) is 0 Å². The first kappa shape index (κ1) is 16.0. The lowest BCUT2D eigenvalue weighted by Crippen LogP contribution is -1.96. The van der Waals surface area contributed by atoms with Crippen molar-refractivity contribution in [2.24, 2.45) is 11.8 Å². The highest BCUT2D eigenvalue weighted by atomic mass is 14.1.